The van der Waals surface area contributed by atoms with Crippen molar-refractivity contribution in [3.05, 3.63) is 40.7 Å². The maximum atomic E-state index is 12.6. The van der Waals surface area contributed by atoms with E-state index in [1.165, 1.54) is 0 Å². The van der Waals surface area contributed by atoms with E-state index in [0.717, 1.165) is 42.9 Å². The van der Waals surface area contributed by atoms with Crippen LogP contribution >= 0.6 is 0 Å². The van der Waals surface area contributed by atoms with Crippen LogP contribution in [0.25, 0.3) is 0 Å². The van der Waals surface area contributed by atoms with Crippen LogP contribution in [-0.2, 0) is 4.74 Å². The predicted octanol–water partition coefficient (Wildman–Crippen LogP) is 2.34. The second kappa shape index (κ2) is 6.55. The molecule has 7 nitrogen and oxygen atoms in total. The van der Waals surface area contributed by atoms with Gasteiger partial charge in [0.1, 0.15) is 11.9 Å². The number of H-pyrrole nitrogens is 1. The highest BCUT2D eigenvalue weighted by molar-refractivity contribution is 5.95. The third-order valence-electron chi connectivity index (χ3n) is 4.77. The van der Waals surface area contributed by atoms with E-state index < -0.39 is 0 Å². The zero-order chi connectivity index (χ0) is 17.4. The third-order valence-corrected chi connectivity index (χ3v) is 4.77. The standard InChI is InChI=1S/C18H23N5O2/c1-10-3-7-14(16(20-10)12-4-5-12)18(24)19-9-13-6-8-15(25-13)17-21-11(2)22-23-17/h3,7,12-13,15H,4-6,8-9H2,1-2H3,(H,19,24)(H,21,22,23)/t13-,15+/m1/s1. The maximum Gasteiger partial charge on any atom is 0.253 e. The van der Waals surface area contributed by atoms with Gasteiger partial charge < -0.3 is 10.1 Å². The van der Waals surface area contributed by atoms with Crippen LogP contribution in [0, 0.1) is 13.8 Å². The Kier molecular flexibility index (Phi) is 4.25. The summed E-state index contributed by atoms with van der Waals surface area (Å²) in [6.07, 6.45) is 3.92. The number of aromatic amines is 1. The van der Waals surface area contributed by atoms with Crippen molar-refractivity contribution in [2.24, 2.45) is 0 Å². The molecule has 2 aliphatic rings. The lowest BCUT2D eigenvalue weighted by Crippen LogP contribution is -2.32. The van der Waals surface area contributed by atoms with Gasteiger partial charge in [-0.05, 0) is 51.7 Å². The van der Waals surface area contributed by atoms with Crippen LogP contribution in [0.4, 0.5) is 0 Å². The SMILES string of the molecule is Cc1ccc(C(=O)NC[C@H]2CC[C@@H](c3n[nH]c(C)n3)O2)c(C2CC2)n1. The molecule has 2 aromatic rings. The molecule has 132 valence electrons. The minimum atomic E-state index is -0.0880. The van der Waals surface area contributed by atoms with E-state index in [4.69, 9.17) is 4.74 Å². The number of nitrogens with zero attached hydrogens (tertiary/aromatic N) is 3. The molecular weight excluding hydrogens is 318 g/mol. The summed E-state index contributed by atoms with van der Waals surface area (Å²) in [5.74, 6) is 1.87. The summed E-state index contributed by atoms with van der Waals surface area (Å²) in [6, 6.07) is 3.79. The van der Waals surface area contributed by atoms with Crippen LogP contribution in [0.15, 0.2) is 12.1 Å². The number of carbonyl (C=O) groups is 1. The van der Waals surface area contributed by atoms with Crippen molar-refractivity contribution in [2.75, 3.05) is 6.54 Å². The lowest BCUT2D eigenvalue weighted by Gasteiger charge is -2.14. The van der Waals surface area contributed by atoms with E-state index in [-0.39, 0.29) is 18.1 Å². The van der Waals surface area contributed by atoms with Crippen LogP contribution in [0.2, 0.25) is 0 Å². The molecule has 25 heavy (non-hydrogen) atoms. The normalized spacial score (nSPS) is 23.0. The van der Waals surface area contributed by atoms with E-state index in [0.29, 0.717) is 23.9 Å². The third kappa shape index (κ3) is 3.56. The minimum absolute atomic E-state index is 0.00413. The molecule has 1 aliphatic heterocycles. The van der Waals surface area contributed by atoms with E-state index in [1.54, 1.807) is 0 Å². The fourth-order valence-electron chi connectivity index (χ4n) is 3.29. The lowest BCUT2D eigenvalue weighted by molar-refractivity contribution is 0.0392. The minimum Gasteiger partial charge on any atom is -0.365 e. The van der Waals surface area contributed by atoms with Gasteiger partial charge in [-0.1, -0.05) is 0 Å². The molecule has 2 N–H and O–H groups in total. The summed E-state index contributed by atoms with van der Waals surface area (Å²) < 4.78 is 5.98. The Morgan fingerprint density at radius 2 is 2.08 bits per heavy atom. The van der Waals surface area contributed by atoms with E-state index in [1.807, 2.05) is 26.0 Å². The van der Waals surface area contributed by atoms with Crippen LogP contribution in [0.1, 0.15) is 71.1 Å². The molecule has 0 radical (unpaired) electrons. The van der Waals surface area contributed by atoms with Gasteiger partial charge >= 0.3 is 0 Å². The number of rotatable bonds is 5. The number of hydrogen-bond donors (Lipinski definition) is 2. The van der Waals surface area contributed by atoms with Gasteiger partial charge in [0.25, 0.3) is 5.91 Å². The molecule has 0 aromatic carbocycles. The van der Waals surface area contributed by atoms with Crippen LogP contribution in [0.3, 0.4) is 0 Å². The highest BCUT2D eigenvalue weighted by Crippen LogP contribution is 2.40. The fourth-order valence-corrected chi connectivity index (χ4v) is 3.29. The molecule has 0 bridgehead atoms. The average molecular weight is 341 g/mol. The van der Waals surface area contributed by atoms with Crippen molar-refractivity contribution in [3.8, 4) is 0 Å². The second-order valence-corrected chi connectivity index (χ2v) is 6.97. The first-order valence-corrected chi connectivity index (χ1v) is 8.90. The molecule has 2 atom stereocenters. The highest BCUT2D eigenvalue weighted by Gasteiger charge is 2.31. The molecule has 3 heterocycles. The van der Waals surface area contributed by atoms with Gasteiger partial charge in [0, 0.05) is 18.2 Å². The Labute approximate surface area is 146 Å². The van der Waals surface area contributed by atoms with E-state index in [9.17, 15) is 4.79 Å². The number of amides is 1. The van der Waals surface area contributed by atoms with Crippen molar-refractivity contribution in [1.82, 2.24) is 25.5 Å². The van der Waals surface area contributed by atoms with Gasteiger partial charge in [-0.15, -0.1) is 0 Å². The molecular formula is C18H23N5O2. The zero-order valence-corrected chi connectivity index (χ0v) is 14.6. The molecule has 1 amide bonds. The van der Waals surface area contributed by atoms with Crippen molar-refractivity contribution in [2.45, 2.75) is 57.7 Å². The van der Waals surface area contributed by atoms with Crippen molar-refractivity contribution in [3.63, 3.8) is 0 Å². The molecule has 1 saturated heterocycles. The Morgan fingerprint density at radius 1 is 1.24 bits per heavy atom. The second-order valence-electron chi connectivity index (χ2n) is 6.97. The fraction of sp³-hybridized carbons (Fsp3) is 0.556. The number of hydrogen-bond acceptors (Lipinski definition) is 5. The summed E-state index contributed by atoms with van der Waals surface area (Å²) in [5, 5.41) is 10.0. The van der Waals surface area contributed by atoms with Gasteiger partial charge in [-0.2, -0.15) is 5.10 Å². The van der Waals surface area contributed by atoms with Crippen molar-refractivity contribution in [1.29, 1.82) is 0 Å². The number of nitrogens with one attached hydrogen (secondary N) is 2. The lowest BCUT2D eigenvalue weighted by atomic mass is 10.1. The number of ether oxygens (including phenoxy) is 1. The summed E-state index contributed by atoms with van der Waals surface area (Å²) in [7, 11) is 0. The number of aryl methyl sites for hydroxylation is 2. The summed E-state index contributed by atoms with van der Waals surface area (Å²) in [6.45, 7) is 4.33. The van der Waals surface area contributed by atoms with Gasteiger partial charge in [0.05, 0.1) is 17.4 Å². The van der Waals surface area contributed by atoms with E-state index in [2.05, 4.69) is 25.5 Å². The monoisotopic (exact) mass is 341 g/mol. The molecule has 4 rings (SSSR count). The average Bonchev–Trinajstić information content (AvgIpc) is 3.18. The topological polar surface area (TPSA) is 92.8 Å². The first-order chi connectivity index (χ1) is 12.1. The number of carbonyl (C=O) groups excluding carboxylic acids is 1. The first-order valence-electron chi connectivity index (χ1n) is 8.90. The molecule has 1 aliphatic carbocycles. The largest absolute Gasteiger partial charge is 0.365 e. The Hall–Kier alpha value is -2.28. The molecule has 2 fully saturated rings. The van der Waals surface area contributed by atoms with Gasteiger partial charge in [0.2, 0.25) is 0 Å². The Balaban J connectivity index is 1.35. The van der Waals surface area contributed by atoms with Crippen LogP contribution < -0.4 is 5.32 Å². The Morgan fingerprint density at radius 3 is 2.80 bits per heavy atom. The number of pyridine rings is 1. The van der Waals surface area contributed by atoms with Gasteiger partial charge in [-0.3, -0.25) is 14.9 Å². The quantitative estimate of drug-likeness (QED) is 0.871. The van der Waals surface area contributed by atoms with Crippen LogP contribution in [0.5, 0.6) is 0 Å². The highest BCUT2D eigenvalue weighted by atomic mass is 16.5. The molecule has 2 aromatic heterocycles. The molecule has 0 unspecified atom stereocenters. The Bertz CT molecular complexity index is 784. The van der Waals surface area contributed by atoms with Crippen molar-refractivity contribution < 1.29 is 9.53 Å². The van der Waals surface area contributed by atoms with Crippen LogP contribution in [-0.4, -0.2) is 38.7 Å². The van der Waals surface area contributed by atoms with E-state index >= 15 is 0 Å². The van der Waals surface area contributed by atoms with Crippen molar-refractivity contribution >= 4 is 5.91 Å². The summed E-state index contributed by atoms with van der Waals surface area (Å²) in [5.41, 5.74) is 2.60. The van der Waals surface area contributed by atoms with Gasteiger partial charge in [0.15, 0.2) is 5.82 Å². The first kappa shape index (κ1) is 16.2. The summed E-state index contributed by atoms with van der Waals surface area (Å²) >= 11 is 0. The molecule has 7 heteroatoms. The number of aromatic nitrogens is 4. The predicted molar refractivity (Wildman–Crippen MR) is 91.2 cm³/mol. The molecule has 0 spiro atoms. The maximum absolute atomic E-state index is 12.6. The zero-order valence-electron chi connectivity index (χ0n) is 14.6. The summed E-state index contributed by atoms with van der Waals surface area (Å²) in [4.78, 5) is 21.5. The smallest absolute Gasteiger partial charge is 0.253 e. The van der Waals surface area contributed by atoms with Gasteiger partial charge in [-0.25, -0.2) is 4.98 Å². The molecule has 1 saturated carbocycles.